The van der Waals surface area contributed by atoms with Crippen LogP contribution in [-0.4, -0.2) is 63.0 Å². The molecule has 3 aliphatic heterocycles. The Morgan fingerprint density at radius 3 is 2.18 bits per heavy atom. The molecule has 8 heteroatoms. The second kappa shape index (κ2) is 9.47. The minimum absolute atomic E-state index is 0.218. The smallest absolute Gasteiger partial charge is 0.314 e. The van der Waals surface area contributed by atoms with E-state index in [2.05, 4.69) is 83.1 Å². The van der Waals surface area contributed by atoms with Crippen LogP contribution in [0.4, 0.5) is 0 Å². The maximum Gasteiger partial charge on any atom is 0.314 e. The molecule has 0 aromatic carbocycles. The summed E-state index contributed by atoms with van der Waals surface area (Å²) in [6.45, 7) is 20.9. The molecule has 2 fully saturated rings. The fraction of sp³-hybridized carbons (Fsp3) is 0.885. The average Bonchev–Trinajstić information content (AvgIpc) is 3.39. The highest BCUT2D eigenvalue weighted by atomic mass is 79.9. The lowest BCUT2D eigenvalue weighted by Gasteiger charge is -2.48. The van der Waals surface area contributed by atoms with E-state index in [1.165, 1.54) is 7.11 Å². The molecule has 6 nitrogen and oxygen atoms in total. The van der Waals surface area contributed by atoms with E-state index in [1.54, 1.807) is 7.11 Å². The third kappa shape index (κ3) is 4.03. The number of hydrogen-bond acceptors (Lipinski definition) is 6. The predicted octanol–water partition coefficient (Wildman–Crippen LogP) is 6.35. The summed E-state index contributed by atoms with van der Waals surface area (Å²) in [5, 5.41) is 0. The van der Waals surface area contributed by atoms with Gasteiger partial charge in [0.05, 0.1) is 28.9 Å². The second-order valence-electron chi connectivity index (χ2n) is 12.0. The zero-order valence-electron chi connectivity index (χ0n) is 23.1. The molecule has 3 aliphatic rings. The van der Waals surface area contributed by atoms with Gasteiger partial charge in [0.1, 0.15) is 11.5 Å². The van der Waals surface area contributed by atoms with Crippen LogP contribution in [0.3, 0.4) is 0 Å². The largest absolute Gasteiger partial charge is 0.469 e. The quantitative estimate of drug-likeness (QED) is 0.242. The molecule has 0 saturated carbocycles. The van der Waals surface area contributed by atoms with Crippen molar-refractivity contribution < 1.29 is 23.4 Å². The molecule has 2 bridgehead atoms. The molecular weight excluding hydrogens is 514 g/mol. The maximum absolute atomic E-state index is 13.1. The van der Waals surface area contributed by atoms with Crippen LogP contribution >= 0.6 is 15.9 Å². The number of halogens is 1. The van der Waals surface area contributed by atoms with Crippen molar-refractivity contribution in [2.75, 3.05) is 20.8 Å². The summed E-state index contributed by atoms with van der Waals surface area (Å²) in [7, 11) is 0.835. The molecule has 3 rings (SSSR count). The van der Waals surface area contributed by atoms with E-state index in [0.717, 1.165) is 29.6 Å². The number of carbonyl (C=O) groups is 1. The highest BCUT2D eigenvalue weighted by Gasteiger charge is 2.71. The van der Waals surface area contributed by atoms with Gasteiger partial charge in [0.25, 0.3) is 0 Å². The molecule has 2 saturated heterocycles. The number of rotatable bonds is 9. The summed E-state index contributed by atoms with van der Waals surface area (Å²) >= 11 is 3.98. The minimum Gasteiger partial charge on any atom is -0.469 e. The van der Waals surface area contributed by atoms with Crippen molar-refractivity contribution in [3.8, 4) is 0 Å². The van der Waals surface area contributed by atoms with Gasteiger partial charge in [-0.15, -0.1) is 0 Å². The number of likely N-dealkylation sites (tertiary alicyclic amines) is 1. The molecular formula is C26H46BrNO5Si. The molecule has 0 radical (unpaired) electrons. The van der Waals surface area contributed by atoms with Gasteiger partial charge in [-0.3, -0.25) is 4.79 Å². The third-order valence-electron chi connectivity index (χ3n) is 8.83. The van der Waals surface area contributed by atoms with Gasteiger partial charge in [0, 0.05) is 20.1 Å². The molecule has 0 N–H and O–H groups in total. The molecule has 0 unspecified atom stereocenters. The van der Waals surface area contributed by atoms with E-state index in [0.29, 0.717) is 23.0 Å². The maximum atomic E-state index is 13.1. The number of esters is 1. The van der Waals surface area contributed by atoms with Gasteiger partial charge in [-0.25, -0.2) is 0 Å². The Hall–Kier alpha value is -0.413. The summed E-state index contributed by atoms with van der Waals surface area (Å²) in [6, 6.07) is 0.218. The summed E-state index contributed by atoms with van der Waals surface area (Å²) < 4.78 is 26.4. The van der Waals surface area contributed by atoms with Gasteiger partial charge in [0.15, 0.2) is 0 Å². The molecule has 0 spiro atoms. The van der Waals surface area contributed by atoms with Crippen LogP contribution in [0.5, 0.6) is 0 Å². The topological polar surface area (TPSA) is 57.2 Å². The Morgan fingerprint density at radius 1 is 1.15 bits per heavy atom. The van der Waals surface area contributed by atoms with Gasteiger partial charge in [-0.1, -0.05) is 41.5 Å². The Bertz CT molecular complexity index is 806. The molecule has 196 valence electrons. The lowest BCUT2D eigenvalue weighted by Crippen LogP contribution is -2.57. The zero-order valence-corrected chi connectivity index (χ0v) is 25.7. The van der Waals surface area contributed by atoms with E-state index in [-0.39, 0.29) is 17.6 Å². The SMILES string of the molecule is COC(=O)[C@H]1C[C@]2(C)O[C@@]1(O[Si](C(C)C)(C(C)C)C(C)C)C(Br)=C2N1CCC[C@H]1C(C)(C)OC. The first kappa shape index (κ1) is 28.2. The zero-order chi connectivity index (χ0) is 25.9. The molecule has 0 aromatic heterocycles. The number of hydrogen-bond donors (Lipinski definition) is 0. The van der Waals surface area contributed by atoms with Crippen LogP contribution < -0.4 is 0 Å². The first-order valence-electron chi connectivity index (χ1n) is 12.8. The van der Waals surface area contributed by atoms with Crippen molar-refractivity contribution in [1.29, 1.82) is 0 Å². The number of fused-ring (bicyclic) bond motifs is 2. The van der Waals surface area contributed by atoms with E-state index in [1.807, 2.05) is 0 Å². The van der Waals surface area contributed by atoms with Gasteiger partial charge < -0.3 is 23.5 Å². The van der Waals surface area contributed by atoms with Crippen LogP contribution in [0.1, 0.15) is 81.6 Å². The predicted molar refractivity (Wildman–Crippen MR) is 141 cm³/mol. The highest BCUT2D eigenvalue weighted by Crippen LogP contribution is 2.64. The highest BCUT2D eigenvalue weighted by molar-refractivity contribution is 9.11. The Balaban J connectivity index is 2.20. The number of carbonyl (C=O) groups excluding carboxylic acids is 1. The van der Waals surface area contributed by atoms with Crippen LogP contribution in [0.2, 0.25) is 16.6 Å². The lowest BCUT2D eigenvalue weighted by atomic mass is 9.81. The molecule has 0 aliphatic carbocycles. The van der Waals surface area contributed by atoms with Crippen LogP contribution in [0, 0.1) is 5.92 Å². The lowest BCUT2D eigenvalue weighted by molar-refractivity contribution is -0.185. The minimum atomic E-state index is -2.40. The number of methoxy groups -OCH3 is 2. The summed E-state index contributed by atoms with van der Waals surface area (Å²) in [6.07, 6.45) is 2.69. The van der Waals surface area contributed by atoms with Crippen molar-refractivity contribution in [2.24, 2.45) is 5.92 Å². The van der Waals surface area contributed by atoms with Crippen molar-refractivity contribution >= 4 is 30.2 Å². The average molecular weight is 561 g/mol. The fourth-order valence-electron chi connectivity index (χ4n) is 7.17. The first-order chi connectivity index (χ1) is 15.6. The molecule has 0 amide bonds. The van der Waals surface area contributed by atoms with Crippen molar-refractivity contribution in [3.05, 3.63) is 10.2 Å². The van der Waals surface area contributed by atoms with Gasteiger partial charge >= 0.3 is 5.97 Å². The van der Waals surface area contributed by atoms with Crippen LogP contribution in [0.25, 0.3) is 0 Å². The van der Waals surface area contributed by atoms with E-state index < -0.39 is 25.6 Å². The van der Waals surface area contributed by atoms with Gasteiger partial charge in [0.2, 0.25) is 14.1 Å². The van der Waals surface area contributed by atoms with Gasteiger partial charge in [-0.2, -0.15) is 0 Å². The van der Waals surface area contributed by atoms with E-state index >= 15 is 0 Å². The summed E-state index contributed by atoms with van der Waals surface area (Å²) in [5.41, 5.74) is 1.22. The van der Waals surface area contributed by atoms with Crippen LogP contribution in [0.15, 0.2) is 10.2 Å². The van der Waals surface area contributed by atoms with Crippen molar-refractivity contribution in [3.63, 3.8) is 0 Å². The monoisotopic (exact) mass is 559 g/mol. The molecule has 0 aromatic rings. The Labute approximate surface area is 216 Å². The molecule has 3 heterocycles. The molecule has 4 atom stereocenters. The molecule has 34 heavy (non-hydrogen) atoms. The number of ether oxygens (including phenoxy) is 3. The Morgan fingerprint density at radius 2 is 1.71 bits per heavy atom. The first-order valence-corrected chi connectivity index (χ1v) is 15.8. The van der Waals surface area contributed by atoms with E-state index in [4.69, 9.17) is 18.6 Å². The van der Waals surface area contributed by atoms with Crippen LogP contribution in [-0.2, 0) is 23.4 Å². The summed E-state index contributed by atoms with van der Waals surface area (Å²) in [5.74, 6) is -1.94. The van der Waals surface area contributed by atoms with E-state index in [9.17, 15) is 4.79 Å². The van der Waals surface area contributed by atoms with Gasteiger partial charge in [-0.05, 0) is 66.2 Å². The van der Waals surface area contributed by atoms with Crippen molar-refractivity contribution in [2.45, 2.75) is 121 Å². The van der Waals surface area contributed by atoms with Crippen molar-refractivity contribution in [1.82, 2.24) is 4.90 Å². The third-order valence-corrected chi connectivity index (χ3v) is 15.8. The summed E-state index contributed by atoms with van der Waals surface area (Å²) in [4.78, 5) is 15.6. The second-order valence-corrected chi connectivity index (χ2v) is 18.2. The standard InChI is InChI=1S/C26H46BrNO5Si/c1-16(2)34(17(3)4,18(5)6)33-26-19(23(29)30-10)15-25(9,32-26)22(21(26)27)28-14-12-13-20(28)24(7,8)31-11/h16-20H,12-15H2,1-11H3/t19-,20+,25+,26+/m1/s1. The number of nitrogens with zero attached hydrogens (tertiary/aromatic N) is 1. The normalized spacial score (nSPS) is 32.1. The fourth-order valence-corrected chi connectivity index (χ4v) is 13.9. The Kier molecular flexibility index (Phi) is 7.85.